The highest BCUT2D eigenvalue weighted by atomic mass is 15.3. The predicted octanol–water partition coefficient (Wildman–Crippen LogP) is 4.86. The number of nitrogens with zero attached hydrogens (tertiary/aromatic N) is 3. The second kappa shape index (κ2) is 8.26. The Balaban J connectivity index is 1.09. The van der Waals surface area contributed by atoms with E-state index in [1.807, 2.05) is 0 Å². The summed E-state index contributed by atoms with van der Waals surface area (Å²) in [6.45, 7) is 5.58. The first-order chi connectivity index (χ1) is 14.4. The average molecular weight is 385 g/mol. The molecule has 4 heteroatoms. The van der Waals surface area contributed by atoms with Crippen LogP contribution in [0.25, 0.3) is 21.8 Å². The third kappa shape index (κ3) is 3.99. The third-order valence-electron chi connectivity index (χ3n) is 6.13. The number of benzene rings is 2. The zero-order valence-electron chi connectivity index (χ0n) is 16.8. The summed E-state index contributed by atoms with van der Waals surface area (Å²) in [7, 11) is 0. The zero-order chi connectivity index (χ0) is 19.5. The summed E-state index contributed by atoms with van der Waals surface area (Å²) in [4.78, 5) is 13.3. The summed E-state index contributed by atoms with van der Waals surface area (Å²) in [6.07, 6.45) is 5.84. The van der Waals surface area contributed by atoms with Crippen LogP contribution >= 0.6 is 0 Å². The lowest BCUT2D eigenvalue weighted by atomic mass is 10.1. The summed E-state index contributed by atoms with van der Waals surface area (Å²) in [5.74, 6) is 1.11. The van der Waals surface area contributed by atoms with Crippen molar-refractivity contribution >= 4 is 27.6 Å². The molecule has 1 aliphatic heterocycles. The number of rotatable bonds is 6. The predicted molar refractivity (Wildman–Crippen MR) is 122 cm³/mol. The lowest BCUT2D eigenvalue weighted by molar-refractivity contribution is 0.252. The van der Waals surface area contributed by atoms with Crippen molar-refractivity contribution < 1.29 is 0 Å². The van der Waals surface area contributed by atoms with Crippen LogP contribution in [0.1, 0.15) is 18.4 Å². The van der Waals surface area contributed by atoms with E-state index >= 15 is 0 Å². The lowest BCUT2D eigenvalue weighted by Crippen LogP contribution is -2.46. The first-order valence-corrected chi connectivity index (χ1v) is 10.7. The van der Waals surface area contributed by atoms with E-state index in [-0.39, 0.29) is 0 Å². The molecule has 0 spiro atoms. The van der Waals surface area contributed by atoms with Crippen molar-refractivity contribution in [1.29, 1.82) is 0 Å². The highest BCUT2D eigenvalue weighted by Gasteiger charge is 2.17. The van der Waals surface area contributed by atoms with Gasteiger partial charge in [0, 0.05) is 48.7 Å². The Morgan fingerprint density at radius 3 is 2.59 bits per heavy atom. The highest BCUT2D eigenvalue weighted by Crippen LogP contribution is 2.21. The maximum atomic E-state index is 4.86. The van der Waals surface area contributed by atoms with Gasteiger partial charge in [0.2, 0.25) is 0 Å². The minimum absolute atomic E-state index is 1.06. The molecule has 1 N–H and O–H groups in total. The first kappa shape index (κ1) is 18.2. The van der Waals surface area contributed by atoms with Crippen LogP contribution in [0.5, 0.6) is 0 Å². The number of piperazine rings is 1. The van der Waals surface area contributed by atoms with Crippen LogP contribution in [0.15, 0.2) is 66.9 Å². The van der Waals surface area contributed by atoms with E-state index in [1.165, 1.54) is 41.2 Å². The molecule has 2 aromatic carbocycles. The number of para-hydroxylation sites is 2. The number of hydrogen-bond acceptors (Lipinski definition) is 3. The molecule has 5 rings (SSSR count). The van der Waals surface area contributed by atoms with Crippen LogP contribution in [0.3, 0.4) is 0 Å². The molecule has 4 nitrogen and oxygen atoms in total. The topological polar surface area (TPSA) is 35.2 Å². The lowest BCUT2D eigenvalue weighted by Gasteiger charge is -2.35. The van der Waals surface area contributed by atoms with E-state index < -0.39 is 0 Å². The van der Waals surface area contributed by atoms with E-state index in [1.54, 1.807) is 0 Å². The fourth-order valence-electron chi connectivity index (χ4n) is 4.42. The standard InChI is InChI=1S/C25H28N4/c1-3-10-23-20(7-1)12-13-25(27-23)29-17-15-28(16-18-29)14-6-5-8-21-19-26-24-11-4-2-9-22(21)24/h1-4,7,9-13,19,26H,5-6,8,14-18H2. The molecule has 0 amide bonds. The van der Waals surface area contributed by atoms with Crippen LogP contribution in [0.2, 0.25) is 0 Å². The molecule has 1 aliphatic rings. The Bertz CT molecular complexity index is 1090. The molecule has 2 aromatic heterocycles. The van der Waals surface area contributed by atoms with Crippen molar-refractivity contribution in [2.75, 3.05) is 37.6 Å². The molecule has 0 aliphatic carbocycles. The summed E-state index contributed by atoms with van der Waals surface area (Å²) in [5.41, 5.74) is 3.79. The molecule has 0 bridgehead atoms. The van der Waals surface area contributed by atoms with Gasteiger partial charge in [-0.1, -0.05) is 36.4 Å². The van der Waals surface area contributed by atoms with Gasteiger partial charge in [-0.2, -0.15) is 0 Å². The number of aryl methyl sites for hydroxylation is 1. The Labute approximate surface area is 172 Å². The van der Waals surface area contributed by atoms with Crippen LogP contribution in [-0.4, -0.2) is 47.6 Å². The molecule has 148 valence electrons. The SMILES string of the molecule is c1ccc2nc(N3CCN(CCCCc4c[nH]c5ccccc45)CC3)ccc2c1. The molecule has 0 radical (unpaired) electrons. The van der Waals surface area contributed by atoms with Gasteiger partial charge in [0.25, 0.3) is 0 Å². The van der Waals surface area contributed by atoms with Gasteiger partial charge in [0.1, 0.15) is 5.82 Å². The van der Waals surface area contributed by atoms with Gasteiger partial charge in [-0.3, -0.25) is 4.90 Å². The number of anilines is 1. The number of aromatic amines is 1. The van der Waals surface area contributed by atoms with Gasteiger partial charge in [-0.25, -0.2) is 4.98 Å². The Morgan fingerprint density at radius 1 is 0.828 bits per heavy atom. The molecule has 1 fully saturated rings. The van der Waals surface area contributed by atoms with Gasteiger partial charge in [0.05, 0.1) is 5.52 Å². The number of fused-ring (bicyclic) bond motifs is 2. The largest absolute Gasteiger partial charge is 0.361 e. The Hall–Kier alpha value is -2.85. The number of pyridine rings is 1. The van der Waals surface area contributed by atoms with E-state index in [0.29, 0.717) is 0 Å². The molecular weight excluding hydrogens is 356 g/mol. The number of aromatic nitrogens is 2. The quantitative estimate of drug-likeness (QED) is 0.482. The van der Waals surface area contributed by atoms with Gasteiger partial charge in [-0.15, -0.1) is 0 Å². The molecule has 29 heavy (non-hydrogen) atoms. The minimum atomic E-state index is 1.06. The van der Waals surface area contributed by atoms with Gasteiger partial charge >= 0.3 is 0 Å². The zero-order valence-corrected chi connectivity index (χ0v) is 16.8. The van der Waals surface area contributed by atoms with Crippen LogP contribution in [0, 0.1) is 0 Å². The van der Waals surface area contributed by atoms with Crippen molar-refractivity contribution in [2.45, 2.75) is 19.3 Å². The van der Waals surface area contributed by atoms with E-state index in [4.69, 9.17) is 4.98 Å². The van der Waals surface area contributed by atoms with Crippen molar-refractivity contribution in [3.63, 3.8) is 0 Å². The Morgan fingerprint density at radius 2 is 1.66 bits per heavy atom. The third-order valence-corrected chi connectivity index (χ3v) is 6.13. The molecule has 3 heterocycles. The molecule has 4 aromatic rings. The van der Waals surface area contributed by atoms with Crippen molar-refractivity contribution in [3.8, 4) is 0 Å². The number of H-pyrrole nitrogens is 1. The van der Waals surface area contributed by atoms with Crippen molar-refractivity contribution in [1.82, 2.24) is 14.9 Å². The molecule has 0 atom stereocenters. The summed E-state index contributed by atoms with van der Waals surface area (Å²) in [5, 5.41) is 2.59. The maximum absolute atomic E-state index is 4.86. The van der Waals surface area contributed by atoms with E-state index in [9.17, 15) is 0 Å². The number of hydrogen-bond donors (Lipinski definition) is 1. The second-order valence-electron chi connectivity index (χ2n) is 8.01. The summed E-state index contributed by atoms with van der Waals surface area (Å²) >= 11 is 0. The van der Waals surface area contributed by atoms with Crippen LogP contribution in [-0.2, 0) is 6.42 Å². The number of unbranched alkanes of at least 4 members (excludes halogenated alkanes) is 1. The highest BCUT2D eigenvalue weighted by molar-refractivity contribution is 5.83. The van der Waals surface area contributed by atoms with Crippen LogP contribution < -0.4 is 4.90 Å². The van der Waals surface area contributed by atoms with E-state index in [2.05, 4.69) is 81.6 Å². The molecule has 0 unspecified atom stereocenters. The van der Waals surface area contributed by atoms with Crippen molar-refractivity contribution in [2.24, 2.45) is 0 Å². The summed E-state index contributed by atoms with van der Waals surface area (Å²) < 4.78 is 0. The molecular formula is C25H28N4. The monoisotopic (exact) mass is 384 g/mol. The fraction of sp³-hybridized carbons (Fsp3) is 0.320. The van der Waals surface area contributed by atoms with Crippen LogP contribution in [0.4, 0.5) is 5.82 Å². The van der Waals surface area contributed by atoms with Gasteiger partial charge < -0.3 is 9.88 Å². The summed E-state index contributed by atoms with van der Waals surface area (Å²) in [6, 6.07) is 21.3. The fourth-order valence-corrected chi connectivity index (χ4v) is 4.42. The maximum Gasteiger partial charge on any atom is 0.129 e. The average Bonchev–Trinajstić information content (AvgIpc) is 3.20. The van der Waals surface area contributed by atoms with Gasteiger partial charge in [0.15, 0.2) is 0 Å². The smallest absolute Gasteiger partial charge is 0.129 e. The second-order valence-corrected chi connectivity index (χ2v) is 8.01. The van der Waals surface area contributed by atoms with Gasteiger partial charge in [-0.05, 0) is 55.6 Å². The minimum Gasteiger partial charge on any atom is -0.361 e. The molecule has 1 saturated heterocycles. The number of nitrogens with one attached hydrogen (secondary N) is 1. The van der Waals surface area contributed by atoms with E-state index in [0.717, 1.165) is 43.9 Å². The normalized spacial score (nSPS) is 15.4. The van der Waals surface area contributed by atoms with Crippen molar-refractivity contribution in [3.05, 3.63) is 72.4 Å². The Kier molecular flexibility index (Phi) is 5.18. The first-order valence-electron chi connectivity index (χ1n) is 10.7. The molecule has 0 saturated carbocycles.